The number of benzene rings is 1. The number of halogens is 1. The monoisotopic (exact) mass is 368 g/mol. The average Bonchev–Trinajstić information content (AvgIpc) is 2.52. The highest BCUT2D eigenvalue weighted by atomic mass is 35.5. The van der Waals surface area contributed by atoms with Crippen molar-refractivity contribution >= 4 is 33.6 Å². The predicted octanol–water partition coefficient (Wildman–Crippen LogP) is 2.38. The Morgan fingerprint density at radius 1 is 1.29 bits per heavy atom. The summed E-state index contributed by atoms with van der Waals surface area (Å²) in [6.07, 6.45) is 5.76. The number of hydrogen-bond donors (Lipinski definition) is 1. The van der Waals surface area contributed by atoms with Crippen LogP contribution >= 0.6 is 11.6 Å². The van der Waals surface area contributed by atoms with E-state index >= 15 is 0 Å². The van der Waals surface area contributed by atoms with Crippen molar-refractivity contribution in [1.82, 2.24) is 0 Å². The van der Waals surface area contributed by atoms with Crippen molar-refractivity contribution < 1.29 is 17.5 Å². The average molecular weight is 369 g/mol. The second kappa shape index (κ2) is 8.23. The van der Waals surface area contributed by atoms with Crippen LogP contribution in [0.2, 0.25) is 5.02 Å². The van der Waals surface area contributed by atoms with Gasteiger partial charge in [0.1, 0.15) is 6.54 Å². The first kappa shape index (κ1) is 18.4. The molecule has 0 bridgehead atoms. The van der Waals surface area contributed by atoms with Crippen molar-refractivity contribution in [2.24, 2.45) is 5.10 Å². The summed E-state index contributed by atoms with van der Waals surface area (Å²) in [5.41, 5.74) is 1.79. The number of pyridine rings is 1. The van der Waals surface area contributed by atoms with Crippen LogP contribution in [0.4, 0.5) is 5.69 Å². The molecule has 2 aromatic rings. The minimum absolute atomic E-state index is 0.252. The third-order valence-electron chi connectivity index (χ3n) is 3.28. The fraction of sp³-hybridized carbons (Fsp3) is 0.250. The van der Waals surface area contributed by atoms with Gasteiger partial charge in [0.05, 0.1) is 23.2 Å². The number of hydrazone groups is 1. The van der Waals surface area contributed by atoms with E-state index in [1.54, 1.807) is 23.4 Å². The van der Waals surface area contributed by atoms with Gasteiger partial charge in [0.25, 0.3) is 10.1 Å². The molecule has 0 radical (unpaired) electrons. The van der Waals surface area contributed by atoms with Gasteiger partial charge in [0.2, 0.25) is 0 Å². The highest BCUT2D eigenvalue weighted by Crippen LogP contribution is 2.16. The molecule has 0 unspecified atom stereocenters. The Morgan fingerprint density at radius 2 is 2.00 bits per heavy atom. The summed E-state index contributed by atoms with van der Waals surface area (Å²) in [4.78, 5) is 0. The molecule has 2 rings (SSSR count). The Balaban J connectivity index is 1.99. The summed E-state index contributed by atoms with van der Waals surface area (Å²) in [5, 5.41) is 6.77. The maximum absolute atomic E-state index is 10.7. The molecule has 8 heteroatoms. The largest absolute Gasteiger partial charge is 0.286 e. The molecule has 24 heavy (non-hydrogen) atoms. The molecule has 1 N–H and O–H groups in total. The quantitative estimate of drug-likeness (QED) is 0.352. The molecule has 0 amide bonds. The Kier molecular flexibility index (Phi) is 6.30. The van der Waals surface area contributed by atoms with Crippen LogP contribution in [0, 0.1) is 0 Å². The lowest BCUT2D eigenvalue weighted by Crippen LogP contribution is -2.34. The van der Waals surface area contributed by atoms with Crippen molar-refractivity contribution in [2.45, 2.75) is 13.0 Å². The third-order valence-corrected chi connectivity index (χ3v) is 4.34. The summed E-state index contributed by atoms with van der Waals surface area (Å²) in [6, 6.07) is 11.1. The van der Waals surface area contributed by atoms with Crippen molar-refractivity contribution in [3.8, 4) is 0 Å². The van der Waals surface area contributed by atoms with Crippen molar-refractivity contribution in [2.75, 3.05) is 17.8 Å². The number of aryl methyl sites for hydroxylation is 1. The minimum atomic E-state index is -3.92. The molecule has 0 aliphatic carbocycles. The van der Waals surface area contributed by atoms with Crippen LogP contribution in [-0.4, -0.2) is 32.0 Å². The topological polar surface area (TPSA) is 73.8 Å². The maximum Gasteiger partial charge on any atom is 0.265 e. The molecule has 6 nitrogen and oxygen atoms in total. The lowest BCUT2D eigenvalue weighted by atomic mass is 10.3. The standard InChI is InChI=1S/C16H18ClN3O3S/c1-19(16-7-5-15(17)6-8-16)18-12-14-4-2-9-20(13-14)10-3-11-24(21,22)23/h2,4-9,12-13H,3,10-11H2,1H3/p+1. The molecule has 1 aromatic carbocycles. The lowest BCUT2D eigenvalue weighted by molar-refractivity contribution is -0.696. The summed E-state index contributed by atoms with van der Waals surface area (Å²) >= 11 is 5.86. The van der Waals surface area contributed by atoms with Crippen LogP contribution in [0.25, 0.3) is 0 Å². The molecule has 0 spiro atoms. The van der Waals surface area contributed by atoms with Crippen LogP contribution in [0.1, 0.15) is 12.0 Å². The summed E-state index contributed by atoms with van der Waals surface area (Å²) in [7, 11) is -2.08. The number of rotatable bonds is 7. The fourth-order valence-electron chi connectivity index (χ4n) is 2.06. The highest BCUT2D eigenvalue weighted by Gasteiger charge is 2.08. The second-order valence-corrected chi connectivity index (χ2v) is 7.27. The first-order chi connectivity index (χ1) is 11.3. The van der Waals surface area contributed by atoms with Crippen LogP contribution < -0.4 is 9.58 Å². The van der Waals surface area contributed by atoms with Gasteiger partial charge in [-0.15, -0.1) is 0 Å². The summed E-state index contributed by atoms with van der Waals surface area (Å²) < 4.78 is 32.1. The molecule has 128 valence electrons. The van der Waals surface area contributed by atoms with E-state index in [9.17, 15) is 8.42 Å². The summed E-state index contributed by atoms with van der Waals surface area (Å²) in [5.74, 6) is -0.252. The lowest BCUT2D eigenvalue weighted by Gasteiger charge is -2.12. The van der Waals surface area contributed by atoms with E-state index in [0.29, 0.717) is 18.0 Å². The molecular formula is C16H19ClN3O3S+. The predicted molar refractivity (Wildman–Crippen MR) is 95.1 cm³/mol. The smallest absolute Gasteiger partial charge is 0.265 e. The van der Waals surface area contributed by atoms with Gasteiger partial charge in [-0.05, 0) is 30.3 Å². The van der Waals surface area contributed by atoms with E-state index in [1.165, 1.54) is 0 Å². The van der Waals surface area contributed by atoms with Gasteiger partial charge in [-0.1, -0.05) is 11.6 Å². The van der Waals surface area contributed by atoms with Crippen LogP contribution in [0.5, 0.6) is 0 Å². The van der Waals surface area contributed by atoms with Crippen LogP contribution in [0.3, 0.4) is 0 Å². The maximum atomic E-state index is 10.7. The molecule has 1 heterocycles. The molecule has 1 aromatic heterocycles. The van der Waals surface area contributed by atoms with Crippen molar-refractivity contribution in [3.05, 3.63) is 59.4 Å². The molecular weight excluding hydrogens is 350 g/mol. The second-order valence-electron chi connectivity index (χ2n) is 5.26. The van der Waals surface area contributed by atoms with E-state index in [4.69, 9.17) is 16.2 Å². The number of hydrogen-bond acceptors (Lipinski definition) is 4. The van der Waals surface area contributed by atoms with Gasteiger partial charge in [0, 0.05) is 24.6 Å². The van der Waals surface area contributed by atoms with Gasteiger partial charge in [0.15, 0.2) is 12.4 Å². The summed E-state index contributed by atoms with van der Waals surface area (Å²) in [6.45, 7) is 0.495. The zero-order valence-electron chi connectivity index (χ0n) is 13.2. The van der Waals surface area contributed by atoms with Crippen LogP contribution in [0.15, 0.2) is 53.9 Å². The first-order valence-electron chi connectivity index (χ1n) is 7.31. The Bertz CT molecular complexity index is 808. The highest BCUT2D eigenvalue weighted by molar-refractivity contribution is 7.85. The molecule has 0 fully saturated rings. The minimum Gasteiger partial charge on any atom is -0.286 e. The van der Waals surface area contributed by atoms with Crippen LogP contribution in [-0.2, 0) is 16.7 Å². The Labute approximate surface area is 146 Å². The molecule has 0 aliphatic heterocycles. The molecule has 0 atom stereocenters. The zero-order chi connectivity index (χ0) is 17.6. The van der Waals surface area contributed by atoms with E-state index in [0.717, 1.165) is 11.3 Å². The molecule has 0 saturated heterocycles. The van der Waals surface area contributed by atoms with Gasteiger partial charge >= 0.3 is 0 Å². The van der Waals surface area contributed by atoms with Gasteiger partial charge < -0.3 is 0 Å². The van der Waals surface area contributed by atoms with Crippen molar-refractivity contribution in [1.29, 1.82) is 0 Å². The third kappa shape index (κ3) is 6.27. The Morgan fingerprint density at radius 3 is 2.67 bits per heavy atom. The normalized spacial score (nSPS) is 11.8. The van der Waals surface area contributed by atoms with Gasteiger partial charge in [-0.3, -0.25) is 9.56 Å². The van der Waals surface area contributed by atoms with E-state index < -0.39 is 10.1 Å². The molecule has 0 saturated carbocycles. The zero-order valence-corrected chi connectivity index (χ0v) is 14.8. The number of aromatic nitrogens is 1. The van der Waals surface area contributed by atoms with Gasteiger partial charge in [-0.25, -0.2) is 4.57 Å². The number of nitrogens with zero attached hydrogens (tertiary/aromatic N) is 3. The Hall–Kier alpha value is -1.96. The van der Waals surface area contributed by atoms with Crippen molar-refractivity contribution in [3.63, 3.8) is 0 Å². The first-order valence-corrected chi connectivity index (χ1v) is 9.30. The van der Waals surface area contributed by atoms with E-state index in [-0.39, 0.29) is 5.75 Å². The van der Waals surface area contributed by atoms with E-state index in [2.05, 4.69) is 5.10 Å². The SMILES string of the molecule is CN(N=Cc1ccc[n+](CCCS(=O)(=O)O)c1)c1ccc(Cl)cc1. The number of anilines is 1. The van der Waals surface area contributed by atoms with E-state index in [1.807, 2.05) is 48.3 Å². The fourth-order valence-corrected chi connectivity index (χ4v) is 2.68. The molecule has 0 aliphatic rings. The van der Waals surface area contributed by atoms with Gasteiger partial charge in [-0.2, -0.15) is 13.5 Å².